The molecule has 33 heavy (non-hydrogen) atoms. The zero-order valence-corrected chi connectivity index (χ0v) is 19.8. The second-order valence-corrected chi connectivity index (χ2v) is 7.83. The van der Waals surface area contributed by atoms with Crippen LogP contribution in [0.25, 0.3) is 0 Å². The van der Waals surface area contributed by atoms with Crippen molar-refractivity contribution in [3.05, 3.63) is 29.8 Å². The fourth-order valence-electron chi connectivity index (χ4n) is 2.78. The molecule has 2 N–H and O–H groups in total. The highest BCUT2D eigenvalue weighted by Gasteiger charge is 2.26. The monoisotopic (exact) mass is 474 g/mol. The molecule has 0 spiro atoms. The summed E-state index contributed by atoms with van der Waals surface area (Å²) in [7, 11) is 0. The molecular formula is C23H36F2N2O6. The van der Waals surface area contributed by atoms with Gasteiger partial charge in [-0.1, -0.05) is 19.1 Å². The van der Waals surface area contributed by atoms with Gasteiger partial charge in [-0.25, -0.2) is 18.4 Å². The van der Waals surface area contributed by atoms with E-state index in [2.05, 4.69) is 5.32 Å². The number of hydrogen-bond acceptors (Lipinski definition) is 5. The van der Waals surface area contributed by atoms with Gasteiger partial charge in [-0.05, 0) is 38.5 Å². The molecule has 0 fully saturated rings. The molecule has 8 nitrogen and oxygen atoms in total. The Bertz CT molecular complexity index is 715. The minimum atomic E-state index is -2.88. The zero-order valence-electron chi connectivity index (χ0n) is 19.8. The molecule has 1 unspecified atom stereocenters. The van der Waals surface area contributed by atoms with Gasteiger partial charge in [-0.15, -0.1) is 0 Å². The fourth-order valence-corrected chi connectivity index (χ4v) is 2.78. The summed E-state index contributed by atoms with van der Waals surface area (Å²) in [4.78, 5) is 25.1. The Morgan fingerprint density at radius 1 is 1.12 bits per heavy atom. The molecule has 0 saturated heterocycles. The van der Waals surface area contributed by atoms with Crippen LogP contribution in [0.4, 0.5) is 13.6 Å². The van der Waals surface area contributed by atoms with Crippen molar-refractivity contribution in [1.82, 2.24) is 10.2 Å². The van der Waals surface area contributed by atoms with Crippen molar-refractivity contribution < 1.29 is 37.7 Å². The number of carboxylic acids is 1. The van der Waals surface area contributed by atoms with E-state index in [4.69, 9.17) is 14.2 Å². The second-order valence-electron chi connectivity index (χ2n) is 7.83. The van der Waals surface area contributed by atoms with Crippen LogP contribution in [0.15, 0.2) is 24.3 Å². The first-order valence-corrected chi connectivity index (χ1v) is 11.1. The third-order valence-corrected chi connectivity index (χ3v) is 4.65. The molecule has 0 aromatic heterocycles. The first-order valence-electron chi connectivity index (χ1n) is 11.1. The summed E-state index contributed by atoms with van der Waals surface area (Å²) >= 11 is 0. The van der Waals surface area contributed by atoms with Crippen LogP contribution in [0.1, 0.15) is 39.7 Å². The number of carbonyl (C=O) groups is 2. The number of carboxylic acid groups (broad SMARTS) is 1. The minimum absolute atomic E-state index is 0.0135. The van der Waals surface area contributed by atoms with E-state index in [1.54, 1.807) is 31.2 Å². The fraction of sp³-hybridized carbons (Fsp3) is 0.652. The van der Waals surface area contributed by atoms with E-state index in [1.165, 1.54) is 11.8 Å². The maximum atomic E-state index is 13.3. The van der Waals surface area contributed by atoms with E-state index in [0.717, 1.165) is 5.56 Å². The molecule has 0 aliphatic heterocycles. The van der Waals surface area contributed by atoms with Crippen molar-refractivity contribution in [2.45, 2.75) is 58.6 Å². The highest BCUT2D eigenvalue weighted by molar-refractivity contribution is 5.74. The van der Waals surface area contributed by atoms with Crippen LogP contribution in [-0.2, 0) is 20.7 Å². The molecule has 10 heteroatoms. The lowest BCUT2D eigenvalue weighted by Crippen LogP contribution is -2.46. The summed E-state index contributed by atoms with van der Waals surface area (Å²) in [5.41, 5.74) is 0.794. The summed E-state index contributed by atoms with van der Waals surface area (Å²) in [6.07, 6.45) is -0.974. The quantitative estimate of drug-likeness (QED) is 0.356. The number of hydrogen-bond donors (Lipinski definition) is 2. The molecule has 188 valence electrons. The van der Waals surface area contributed by atoms with Gasteiger partial charge < -0.3 is 29.5 Å². The Labute approximate surface area is 194 Å². The van der Waals surface area contributed by atoms with E-state index >= 15 is 0 Å². The van der Waals surface area contributed by atoms with Crippen molar-refractivity contribution >= 4 is 12.0 Å². The SMILES string of the molecule is CCOC(Cc1ccc(OCCN(CCOCC(F)(F)CC)C(=O)NC(C)C)cc1)C(=O)O. The molecule has 0 aliphatic rings. The number of urea groups is 1. The van der Waals surface area contributed by atoms with Crippen molar-refractivity contribution in [3.63, 3.8) is 0 Å². The minimum Gasteiger partial charge on any atom is -0.492 e. The normalized spacial score (nSPS) is 12.5. The smallest absolute Gasteiger partial charge is 0.333 e. The Hall–Kier alpha value is -2.46. The largest absolute Gasteiger partial charge is 0.492 e. The van der Waals surface area contributed by atoms with E-state index in [9.17, 15) is 23.5 Å². The van der Waals surface area contributed by atoms with Crippen LogP contribution < -0.4 is 10.1 Å². The third-order valence-electron chi connectivity index (χ3n) is 4.65. The first-order chi connectivity index (χ1) is 15.6. The molecule has 0 heterocycles. The van der Waals surface area contributed by atoms with Crippen LogP contribution >= 0.6 is 0 Å². The topological polar surface area (TPSA) is 97.3 Å². The van der Waals surface area contributed by atoms with Crippen LogP contribution in [0, 0.1) is 0 Å². The van der Waals surface area contributed by atoms with Crippen LogP contribution in [0.2, 0.25) is 0 Å². The molecule has 0 aliphatic carbocycles. The predicted molar refractivity (Wildman–Crippen MR) is 120 cm³/mol. The maximum absolute atomic E-state index is 13.3. The summed E-state index contributed by atoms with van der Waals surface area (Å²) in [5.74, 6) is -3.34. The molecular weight excluding hydrogens is 438 g/mol. The van der Waals surface area contributed by atoms with Gasteiger partial charge in [0.15, 0.2) is 6.10 Å². The number of nitrogens with zero attached hydrogens (tertiary/aromatic N) is 1. The summed E-state index contributed by atoms with van der Waals surface area (Å²) < 4.78 is 42.6. The molecule has 0 radical (unpaired) electrons. The van der Waals surface area contributed by atoms with Crippen molar-refractivity contribution in [2.24, 2.45) is 0 Å². The summed E-state index contributed by atoms with van der Waals surface area (Å²) in [6, 6.07) is 6.55. The molecule has 1 aromatic rings. The molecule has 0 bridgehead atoms. The van der Waals surface area contributed by atoms with Crippen LogP contribution in [0.3, 0.4) is 0 Å². The summed E-state index contributed by atoms with van der Waals surface area (Å²) in [6.45, 7) is 6.97. The number of aliphatic carboxylic acids is 1. The van der Waals surface area contributed by atoms with Crippen LogP contribution in [-0.4, -0.2) is 79.6 Å². The lowest BCUT2D eigenvalue weighted by Gasteiger charge is -2.25. The Morgan fingerprint density at radius 2 is 1.76 bits per heavy atom. The molecule has 1 atom stereocenters. The van der Waals surface area contributed by atoms with Gasteiger partial charge in [0.2, 0.25) is 0 Å². The second kappa shape index (κ2) is 14.6. The number of amides is 2. The standard InChI is InChI=1S/C23H36F2N2O6/c1-5-23(24,25)16-31-13-11-27(22(30)26-17(3)4)12-14-33-19-9-7-18(8-10-19)15-20(21(28)29)32-6-2/h7-10,17,20H,5-6,11-16H2,1-4H3,(H,26,30)(H,28,29). The van der Waals surface area contributed by atoms with Crippen molar-refractivity contribution in [2.75, 3.05) is 39.5 Å². The first kappa shape index (κ1) is 28.6. The van der Waals surface area contributed by atoms with Gasteiger partial charge in [-0.3, -0.25) is 0 Å². The lowest BCUT2D eigenvalue weighted by molar-refractivity contribution is -0.149. The number of ether oxygens (including phenoxy) is 3. The zero-order chi connectivity index (χ0) is 24.9. The highest BCUT2D eigenvalue weighted by Crippen LogP contribution is 2.17. The Morgan fingerprint density at radius 3 is 2.30 bits per heavy atom. The molecule has 2 amide bonds. The van der Waals surface area contributed by atoms with Gasteiger partial charge in [0.1, 0.15) is 19.0 Å². The maximum Gasteiger partial charge on any atom is 0.333 e. The average Bonchev–Trinajstić information content (AvgIpc) is 2.75. The third kappa shape index (κ3) is 11.8. The van der Waals surface area contributed by atoms with Crippen molar-refractivity contribution in [3.8, 4) is 5.75 Å². The number of alkyl halides is 2. The molecule has 1 rings (SSSR count). The van der Waals surface area contributed by atoms with Gasteiger partial charge >= 0.3 is 12.0 Å². The van der Waals surface area contributed by atoms with E-state index in [0.29, 0.717) is 12.4 Å². The number of benzene rings is 1. The van der Waals surface area contributed by atoms with Gasteiger partial charge in [0.05, 0.1) is 13.2 Å². The number of halogens is 2. The number of rotatable bonds is 16. The van der Waals surface area contributed by atoms with Gasteiger partial charge in [0, 0.05) is 32.0 Å². The van der Waals surface area contributed by atoms with E-state index < -0.39 is 24.6 Å². The van der Waals surface area contributed by atoms with Crippen LogP contribution in [0.5, 0.6) is 5.75 Å². The average molecular weight is 475 g/mol. The summed E-state index contributed by atoms with van der Waals surface area (Å²) in [5, 5.41) is 12.0. The number of nitrogens with one attached hydrogen (secondary N) is 1. The molecule has 0 saturated carbocycles. The highest BCUT2D eigenvalue weighted by atomic mass is 19.3. The van der Waals surface area contributed by atoms with Gasteiger partial charge in [-0.2, -0.15) is 0 Å². The lowest BCUT2D eigenvalue weighted by atomic mass is 10.1. The van der Waals surface area contributed by atoms with Crippen molar-refractivity contribution in [1.29, 1.82) is 0 Å². The predicted octanol–water partition coefficient (Wildman–Crippen LogP) is 3.58. The van der Waals surface area contributed by atoms with E-state index in [1.807, 2.05) is 13.8 Å². The van der Waals surface area contributed by atoms with Gasteiger partial charge in [0.25, 0.3) is 5.92 Å². The van der Waals surface area contributed by atoms with E-state index in [-0.39, 0.29) is 51.2 Å². The Balaban J connectivity index is 2.57. The number of carbonyl (C=O) groups excluding carboxylic acids is 1. The Kier molecular flexibility index (Phi) is 12.7. The molecule has 1 aromatic carbocycles.